The molecule has 1 aliphatic heterocycles. The number of hydrogen-bond acceptors (Lipinski definition) is 3. The molecule has 2 N–H and O–H groups in total. The molecule has 0 spiro atoms. The molecule has 1 aromatic carbocycles. The van der Waals surface area contributed by atoms with Gasteiger partial charge >= 0.3 is 10.1 Å². The Hall–Kier alpha value is -1.92. The first-order valence-corrected chi connectivity index (χ1v) is 6.34. The van der Waals surface area contributed by atoms with Crippen LogP contribution in [0.1, 0.15) is 5.56 Å². The summed E-state index contributed by atoms with van der Waals surface area (Å²) in [7, 11) is -4.27. The largest absolute Gasteiger partial charge is 0.343 e. The molecular formula is C11H8N2O3S. The number of aromatic nitrogens is 1. The quantitative estimate of drug-likeness (QED) is 0.758. The molecule has 0 bridgehead atoms. The Bertz CT molecular complexity index is 769. The highest BCUT2D eigenvalue weighted by Crippen LogP contribution is 2.35. The van der Waals surface area contributed by atoms with Crippen LogP contribution in [0.25, 0.3) is 17.0 Å². The third-order valence-electron chi connectivity index (χ3n) is 2.63. The van der Waals surface area contributed by atoms with Crippen molar-refractivity contribution in [2.24, 2.45) is 4.99 Å². The van der Waals surface area contributed by atoms with Gasteiger partial charge in [0.1, 0.15) is 0 Å². The Labute approximate surface area is 97.2 Å². The van der Waals surface area contributed by atoms with Crippen molar-refractivity contribution < 1.29 is 13.0 Å². The molecule has 5 nitrogen and oxygen atoms in total. The Kier molecular flexibility index (Phi) is 1.98. The molecule has 2 heterocycles. The van der Waals surface area contributed by atoms with Crippen molar-refractivity contribution in [1.29, 1.82) is 0 Å². The van der Waals surface area contributed by atoms with Crippen LogP contribution in [0.4, 0.5) is 5.69 Å². The van der Waals surface area contributed by atoms with Crippen LogP contribution in [0.2, 0.25) is 0 Å². The fourth-order valence-corrected chi connectivity index (χ4v) is 2.65. The molecule has 6 heteroatoms. The second kappa shape index (κ2) is 3.28. The van der Waals surface area contributed by atoms with Gasteiger partial charge in [-0.3, -0.25) is 9.55 Å². The van der Waals surface area contributed by atoms with Crippen molar-refractivity contribution in [3.63, 3.8) is 0 Å². The summed E-state index contributed by atoms with van der Waals surface area (Å²) >= 11 is 0. The molecule has 0 saturated heterocycles. The first-order valence-electron chi connectivity index (χ1n) is 4.90. The van der Waals surface area contributed by atoms with E-state index in [0.717, 1.165) is 0 Å². The molecule has 0 amide bonds. The SMILES string of the molecule is O=S(=O)(O)c1[nH]c2cccc3c2c1C=CC=N3. The molecule has 0 radical (unpaired) electrons. The minimum absolute atomic E-state index is 0.193. The maximum atomic E-state index is 11.3. The molecule has 86 valence electrons. The van der Waals surface area contributed by atoms with Gasteiger partial charge in [-0.05, 0) is 24.3 Å². The zero-order valence-corrected chi connectivity index (χ0v) is 9.40. The number of allylic oxidation sites excluding steroid dienone is 1. The summed E-state index contributed by atoms with van der Waals surface area (Å²) in [5.74, 6) is 0. The summed E-state index contributed by atoms with van der Waals surface area (Å²) < 4.78 is 31.7. The summed E-state index contributed by atoms with van der Waals surface area (Å²) in [6.07, 6.45) is 4.84. The Morgan fingerprint density at radius 1 is 1.29 bits per heavy atom. The van der Waals surface area contributed by atoms with Gasteiger partial charge in [0.2, 0.25) is 0 Å². The van der Waals surface area contributed by atoms with Crippen LogP contribution in [-0.2, 0) is 10.1 Å². The molecule has 0 aliphatic carbocycles. The van der Waals surface area contributed by atoms with E-state index in [2.05, 4.69) is 9.98 Å². The minimum atomic E-state index is -4.27. The lowest BCUT2D eigenvalue weighted by atomic mass is 10.1. The van der Waals surface area contributed by atoms with E-state index in [0.29, 0.717) is 22.2 Å². The number of nitrogens with zero attached hydrogens (tertiary/aromatic N) is 1. The lowest BCUT2D eigenvalue weighted by molar-refractivity contribution is 0.480. The van der Waals surface area contributed by atoms with E-state index in [-0.39, 0.29) is 5.03 Å². The van der Waals surface area contributed by atoms with Crippen LogP contribution >= 0.6 is 0 Å². The van der Waals surface area contributed by atoms with Crippen molar-refractivity contribution in [2.75, 3.05) is 0 Å². The Morgan fingerprint density at radius 2 is 2.12 bits per heavy atom. The smallest absolute Gasteiger partial charge is 0.310 e. The van der Waals surface area contributed by atoms with E-state index >= 15 is 0 Å². The molecular weight excluding hydrogens is 240 g/mol. The van der Waals surface area contributed by atoms with E-state index in [4.69, 9.17) is 0 Å². The second-order valence-electron chi connectivity index (χ2n) is 3.68. The molecule has 0 fully saturated rings. The Balaban J connectivity index is 2.54. The molecule has 3 rings (SSSR count). The van der Waals surface area contributed by atoms with Crippen LogP contribution in [0, 0.1) is 0 Å². The highest BCUT2D eigenvalue weighted by molar-refractivity contribution is 7.85. The highest BCUT2D eigenvalue weighted by Gasteiger charge is 2.21. The van der Waals surface area contributed by atoms with Crippen molar-refractivity contribution in [3.8, 4) is 0 Å². The molecule has 0 atom stereocenters. The third kappa shape index (κ3) is 1.49. The molecule has 0 unspecified atom stereocenters. The molecule has 2 aromatic rings. The number of nitrogens with one attached hydrogen (secondary N) is 1. The van der Waals surface area contributed by atoms with Gasteiger partial charge < -0.3 is 4.98 Å². The van der Waals surface area contributed by atoms with Crippen LogP contribution in [-0.4, -0.2) is 24.2 Å². The fraction of sp³-hybridized carbons (Fsp3) is 0. The van der Waals surface area contributed by atoms with Gasteiger partial charge in [-0.25, -0.2) is 0 Å². The average Bonchev–Trinajstić information content (AvgIpc) is 2.50. The van der Waals surface area contributed by atoms with Gasteiger partial charge in [0, 0.05) is 22.7 Å². The summed E-state index contributed by atoms with van der Waals surface area (Å²) in [5, 5.41) is 0.506. The number of benzene rings is 1. The van der Waals surface area contributed by atoms with Crippen LogP contribution in [0.15, 0.2) is 34.3 Å². The number of rotatable bonds is 1. The van der Waals surface area contributed by atoms with E-state index in [1.54, 1.807) is 36.6 Å². The zero-order chi connectivity index (χ0) is 12.0. The monoisotopic (exact) mass is 248 g/mol. The summed E-state index contributed by atoms with van der Waals surface area (Å²) in [6.45, 7) is 0. The van der Waals surface area contributed by atoms with E-state index in [1.807, 2.05) is 0 Å². The topological polar surface area (TPSA) is 82.5 Å². The van der Waals surface area contributed by atoms with Crippen LogP contribution in [0.3, 0.4) is 0 Å². The van der Waals surface area contributed by atoms with Crippen molar-refractivity contribution in [1.82, 2.24) is 4.98 Å². The third-order valence-corrected chi connectivity index (χ3v) is 3.46. The average molecular weight is 248 g/mol. The standard InChI is InChI=1S/C11H8N2O3S/c14-17(15,16)11-7-3-2-6-12-8-4-1-5-9(13-11)10(7)8/h1-6,13H,(H,14,15,16). The molecule has 1 aliphatic rings. The van der Waals surface area contributed by atoms with Gasteiger partial charge in [-0.2, -0.15) is 8.42 Å². The van der Waals surface area contributed by atoms with Gasteiger partial charge in [-0.15, -0.1) is 0 Å². The molecule has 17 heavy (non-hydrogen) atoms. The van der Waals surface area contributed by atoms with Crippen molar-refractivity contribution in [2.45, 2.75) is 5.03 Å². The first-order chi connectivity index (χ1) is 8.07. The lowest BCUT2D eigenvalue weighted by Gasteiger charge is -1.96. The normalized spacial score (nSPS) is 14.2. The molecule has 0 saturated carbocycles. The predicted molar refractivity (Wildman–Crippen MR) is 65.3 cm³/mol. The Morgan fingerprint density at radius 3 is 2.88 bits per heavy atom. The van der Waals surface area contributed by atoms with Crippen molar-refractivity contribution >= 4 is 39.0 Å². The van der Waals surface area contributed by atoms with Crippen LogP contribution in [0.5, 0.6) is 0 Å². The van der Waals surface area contributed by atoms with Crippen molar-refractivity contribution in [3.05, 3.63) is 29.8 Å². The maximum absolute atomic E-state index is 11.3. The van der Waals surface area contributed by atoms with Crippen LogP contribution < -0.4 is 0 Å². The van der Waals surface area contributed by atoms with Gasteiger partial charge in [-0.1, -0.05) is 6.07 Å². The molecule has 1 aromatic heterocycles. The van der Waals surface area contributed by atoms with Gasteiger partial charge in [0.15, 0.2) is 5.03 Å². The fourth-order valence-electron chi connectivity index (χ4n) is 1.96. The minimum Gasteiger partial charge on any atom is -0.343 e. The van der Waals surface area contributed by atoms with Gasteiger partial charge in [0.25, 0.3) is 0 Å². The first kappa shape index (κ1) is 10.2. The number of aliphatic imine (C=N–C) groups is 1. The summed E-state index contributed by atoms with van der Waals surface area (Å²) in [5.41, 5.74) is 1.75. The maximum Gasteiger partial charge on any atom is 0.310 e. The number of H-pyrrole nitrogens is 1. The van der Waals surface area contributed by atoms with E-state index in [9.17, 15) is 13.0 Å². The summed E-state index contributed by atoms with van der Waals surface area (Å²) in [6, 6.07) is 5.30. The second-order valence-corrected chi connectivity index (χ2v) is 5.04. The predicted octanol–water partition coefficient (Wildman–Crippen LogP) is 2.14. The summed E-state index contributed by atoms with van der Waals surface area (Å²) in [4.78, 5) is 6.89. The number of aromatic amines is 1. The highest BCUT2D eigenvalue weighted by atomic mass is 32.2. The lowest BCUT2D eigenvalue weighted by Crippen LogP contribution is -2.00. The number of hydrogen-bond donors (Lipinski definition) is 2. The van der Waals surface area contributed by atoms with E-state index < -0.39 is 10.1 Å². The van der Waals surface area contributed by atoms with Gasteiger partial charge in [0.05, 0.1) is 5.69 Å². The zero-order valence-electron chi connectivity index (χ0n) is 8.58. The van der Waals surface area contributed by atoms with E-state index in [1.165, 1.54) is 0 Å².